The lowest BCUT2D eigenvalue weighted by Gasteiger charge is -2.37. The number of carbonyl (C=O) groups excluding carboxylic acids is 1. The molecule has 2 aromatic rings. The molecule has 1 aliphatic heterocycles. The van der Waals surface area contributed by atoms with E-state index >= 15 is 0 Å². The van der Waals surface area contributed by atoms with Crippen LogP contribution >= 0.6 is 11.9 Å². The van der Waals surface area contributed by atoms with E-state index in [0.717, 1.165) is 23.4 Å². The second kappa shape index (κ2) is 9.43. The van der Waals surface area contributed by atoms with Gasteiger partial charge in [-0.05, 0) is 82.8 Å². The number of hydrogen-bond donors (Lipinski definition) is 3. The van der Waals surface area contributed by atoms with Crippen LogP contribution in [0.2, 0.25) is 0 Å². The highest BCUT2D eigenvalue weighted by Crippen LogP contribution is 2.37. The number of nitrogens with two attached hydrogens (primary N) is 2. The van der Waals surface area contributed by atoms with Crippen LogP contribution in [0.4, 0.5) is 10.2 Å². The van der Waals surface area contributed by atoms with Crippen molar-refractivity contribution in [3.8, 4) is 0 Å². The SMILES string of the molecule is CC(C)N(N)/C(=N\N)c1cccc(NC(=O)c2cc3c(cc2F)CCN(C(C)(C)C)S3)n1. The van der Waals surface area contributed by atoms with Gasteiger partial charge in [-0.25, -0.2) is 19.5 Å². The van der Waals surface area contributed by atoms with Crippen molar-refractivity contribution in [3.05, 3.63) is 53.0 Å². The number of pyridine rings is 1. The van der Waals surface area contributed by atoms with Gasteiger partial charge in [-0.1, -0.05) is 6.07 Å². The fourth-order valence-corrected chi connectivity index (χ4v) is 4.37. The number of halogens is 1. The monoisotopic (exact) mass is 459 g/mol. The lowest BCUT2D eigenvalue weighted by molar-refractivity contribution is 0.102. The second-order valence-corrected chi connectivity index (χ2v) is 9.93. The zero-order valence-corrected chi connectivity index (χ0v) is 19.8. The summed E-state index contributed by atoms with van der Waals surface area (Å²) in [5.41, 5.74) is 1.22. The van der Waals surface area contributed by atoms with E-state index in [1.807, 2.05) is 13.8 Å². The summed E-state index contributed by atoms with van der Waals surface area (Å²) in [6, 6.07) is 7.98. The molecule has 1 aromatic carbocycles. The lowest BCUT2D eigenvalue weighted by Crippen LogP contribution is -2.44. The number of carbonyl (C=O) groups is 1. The van der Waals surface area contributed by atoms with Crippen molar-refractivity contribution in [3.63, 3.8) is 0 Å². The van der Waals surface area contributed by atoms with Crippen LogP contribution in [0.5, 0.6) is 0 Å². The third-order valence-electron chi connectivity index (χ3n) is 5.08. The predicted octanol–water partition coefficient (Wildman–Crippen LogP) is 3.34. The molecule has 0 spiro atoms. The van der Waals surface area contributed by atoms with Gasteiger partial charge >= 0.3 is 0 Å². The van der Waals surface area contributed by atoms with E-state index < -0.39 is 11.7 Å². The Bertz CT molecular complexity index is 1040. The maximum Gasteiger partial charge on any atom is 0.259 e. The molecule has 0 aliphatic carbocycles. The van der Waals surface area contributed by atoms with E-state index in [-0.39, 0.29) is 28.8 Å². The molecule has 0 atom stereocenters. The Hall–Kier alpha value is -2.69. The molecule has 32 heavy (non-hydrogen) atoms. The quantitative estimate of drug-likeness (QED) is 0.211. The van der Waals surface area contributed by atoms with Gasteiger partial charge in [-0.15, -0.1) is 0 Å². The Kier molecular flexibility index (Phi) is 7.06. The van der Waals surface area contributed by atoms with Crippen molar-refractivity contribution in [2.45, 2.75) is 57.5 Å². The van der Waals surface area contributed by atoms with Crippen LogP contribution in [0.1, 0.15) is 56.2 Å². The van der Waals surface area contributed by atoms with Gasteiger partial charge in [0.2, 0.25) is 0 Å². The second-order valence-electron chi connectivity index (χ2n) is 8.87. The standard InChI is InChI=1S/C22H30FN7OS/c1-13(2)30(25)20(28-24)17-7-6-8-19(26-17)27-21(31)15-12-18-14(11-16(15)23)9-10-29(32-18)22(3,4)5/h6-8,11-13H,9-10,24-25H2,1-5H3,(H,26,27,31)/b28-20-. The third-order valence-corrected chi connectivity index (χ3v) is 6.61. The van der Waals surface area contributed by atoms with Crippen molar-refractivity contribution in [1.29, 1.82) is 0 Å². The number of rotatable bonds is 4. The van der Waals surface area contributed by atoms with Gasteiger partial charge in [-0.2, -0.15) is 5.10 Å². The first-order chi connectivity index (χ1) is 15.0. The summed E-state index contributed by atoms with van der Waals surface area (Å²) in [6.07, 6.45) is 0.731. The van der Waals surface area contributed by atoms with E-state index in [0.29, 0.717) is 5.69 Å². The molecule has 1 amide bonds. The van der Waals surface area contributed by atoms with Crippen molar-refractivity contribution in [1.82, 2.24) is 14.3 Å². The Labute approximate surface area is 192 Å². The molecule has 10 heteroatoms. The average Bonchev–Trinajstić information content (AvgIpc) is 2.72. The molecule has 5 N–H and O–H groups in total. The van der Waals surface area contributed by atoms with Crippen molar-refractivity contribution in [2.75, 3.05) is 11.9 Å². The molecule has 0 unspecified atom stereocenters. The number of nitrogens with zero attached hydrogens (tertiary/aromatic N) is 4. The van der Waals surface area contributed by atoms with Crippen LogP contribution in [0.25, 0.3) is 0 Å². The Morgan fingerprint density at radius 3 is 2.69 bits per heavy atom. The lowest BCUT2D eigenvalue weighted by atomic mass is 10.0. The maximum atomic E-state index is 14.8. The van der Waals surface area contributed by atoms with E-state index in [2.05, 4.69) is 40.5 Å². The molecule has 2 heterocycles. The number of hydrogen-bond acceptors (Lipinski definition) is 7. The van der Waals surface area contributed by atoms with Crippen LogP contribution < -0.4 is 17.0 Å². The van der Waals surface area contributed by atoms with Crippen LogP contribution in [0.3, 0.4) is 0 Å². The summed E-state index contributed by atoms with van der Waals surface area (Å²) in [7, 11) is 0. The molecule has 0 radical (unpaired) electrons. The van der Waals surface area contributed by atoms with Gasteiger partial charge in [0.1, 0.15) is 17.3 Å². The van der Waals surface area contributed by atoms with Gasteiger partial charge in [-0.3, -0.25) is 9.80 Å². The van der Waals surface area contributed by atoms with E-state index in [4.69, 9.17) is 11.7 Å². The van der Waals surface area contributed by atoms with Crippen molar-refractivity contribution in [2.24, 2.45) is 16.8 Å². The highest BCUT2D eigenvalue weighted by molar-refractivity contribution is 7.97. The number of amidine groups is 1. The first-order valence-corrected chi connectivity index (χ1v) is 11.2. The molecule has 0 saturated carbocycles. The highest BCUT2D eigenvalue weighted by atomic mass is 32.2. The fourth-order valence-electron chi connectivity index (χ4n) is 3.23. The normalized spacial score (nSPS) is 14.9. The minimum Gasteiger partial charge on any atom is -0.321 e. The Morgan fingerprint density at radius 1 is 1.34 bits per heavy atom. The predicted molar refractivity (Wildman–Crippen MR) is 126 cm³/mol. The number of hydrazone groups is 1. The highest BCUT2D eigenvalue weighted by Gasteiger charge is 2.28. The molecular weight excluding hydrogens is 429 g/mol. The molecule has 0 bridgehead atoms. The van der Waals surface area contributed by atoms with Crippen LogP contribution in [0.15, 0.2) is 40.3 Å². The van der Waals surface area contributed by atoms with Gasteiger partial charge in [0.15, 0.2) is 5.84 Å². The van der Waals surface area contributed by atoms with E-state index in [9.17, 15) is 9.18 Å². The van der Waals surface area contributed by atoms with E-state index in [1.54, 1.807) is 36.2 Å². The third kappa shape index (κ3) is 5.20. The summed E-state index contributed by atoms with van der Waals surface area (Å²) in [5.74, 6) is 10.9. The maximum absolute atomic E-state index is 14.8. The summed E-state index contributed by atoms with van der Waals surface area (Å²) in [5, 5.41) is 7.77. The fraction of sp³-hybridized carbons (Fsp3) is 0.409. The largest absolute Gasteiger partial charge is 0.321 e. The van der Waals surface area contributed by atoms with Crippen LogP contribution in [-0.4, -0.2) is 44.2 Å². The number of aromatic nitrogens is 1. The topological polar surface area (TPSA) is 113 Å². The molecule has 172 valence electrons. The van der Waals surface area contributed by atoms with Gasteiger partial charge in [0.25, 0.3) is 5.91 Å². The first kappa shape index (κ1) is 24.0. The number of nitrogens with one attached hydrogen (secondary N) is 1. The smallest absolute Gasteiger partial charge is 0.259 e. The van der Waals surface area contributed by atoms with Crippen LogP contribution in [-0.2, 0) is 6.42 Å². The van der Waals surface area contributed by atoms with Crippen LogP contribution in [0, 0.1) is 5.82 Å². The van der Waals surface area contributed by atoms with Gasteiger partial charge in [0, 0.05) is 23.0 Å². The summed E-state index contributed by atoms with van der Waals surface area (Å²) in [4.78, 5) is 18.1. The zero-order valence-electron chi connectivity index (χ0n) is 19.0. The molecule has 3 rings (SSSR count). The minimum atomic E-state index is -0.580. The van der Waals surface area contributed by atoms with Crippen molar-refractivity contribution < 1.29 is 9.18 Å². The molecule has 8 nitrogen and oxygen atoms in total. The van der Waals surface area contributed by atoms with E-state index in [1.165, 1.54) is 11.1 Å². The first-order valence-electron chi connectivity index (χ1n) is 10.4. The average molecular weight is 460 g/mol. The minimum absolute atomic E-state index is 0.0328. The molecule has 0 fully saturated rings. The summed E-state index contributed by atoms with van der Waals surface area (Å²) >= 11 is 1.55. The number of hydrazine groups is 1. The number of fused-ring (bicyclic) bond motifs is 1. The number of benzene rings is 1. The van der Waals surface area contributed by atoms with Gasteiger partial charge < -0.3 is 11.2 Å². The Balaban J connectivity index is 1.84. The number of anilines is 1. The molecule has 1 aliphatic rings. The molecule has 1 aromatic heterocycles. The number of amides is 1. The zero-order chi connectivity index (χ0) is 23.6. The Morgan fingerprint density at radius 2 is 2.06 bits per heavy atom. The van der Waals surface area contributed by atoms with Gasteiger partial charge in [0.05, 0.1) is 5.56 Å². The molecule has 0 saturated heterocycles. The molecular formula is C22H30FN7OS. The summed E-state index contributed by atoms with van der Waals surface area (Å²) in [6.45, 7) is 11.0. The summed E-state index contributed by atoms with van der Waals surface area (Å²) < 4.78 is 17.0. The van der Waals surface area contributed by atoms with Crippen molar-refractivity contribution >= 4 is 29.5 Å².